The Morgan fingerprint density at radius 1 is 1.30 bits per heavy atom. The van der Waals surface area contributed by atoms with Crippen molar-refractivity contribution in [3.63, 3.8) is 0 Å². The lowest BCUT2D eigenvalue weighted by Gasteiger charge is -2.38. The van der Waals surface area contributed by atoms with Crippen LogP contribution in [0.5, 0.6) is 0 Å². The number of hydrogen-bond acceptors (Lipinski definition) is 7. The normalized spacial score (nSPS) is 15.4. The van der Waals surface area contributed by atoms with E-state index in [1.807, 2.05) is 0 Å². The maximum Gasteiger partial charge on any atom is 0.360 e. The zero-order valence-corrected chi connectivity index (χ0v) is 19.6. The van der Waals surface area contributed by atoms with Gasteiger partial charge in [0.15, 0.2) is 11.5 Å². The number of nitriles is 1. The van der Waals surface area contributed by atoms with Gasteiger partial charge in [-0.25, -0.2) is 14.8 Å². The van der Waals surface area contributed by atoms with Gasteiger partial charge < -0.3 is 14.4 Å². The standard InChI is InChI=1S/C22H22Cl2F2N4O3/c1-3-32-20(31)18-19(30-9-7-22(11-27,8-10-30)12-33-21(25)26)28-13(2)17(29-18)14-5-4-6-15(23)16(14)24/h4-6,21H,3,7-10,12H2,1-2H3. The number of aromatic nitrogens is 2. The zero-order chi connectivity index (χ0) is 24.2. The molecule has 1 aliphatic heterocycles. The summed E-state index contributed by atoms with van der Waals surface area (Å²) in [7, 11) is 0. The molecule has 7 nitrogen and oxygen atoms in total. The number of halogens is 4. The van der Waals surface area contributed by atoms with E-state index in [0.29, 0.717) is 40.9 Å². The van der Waals surface area contributed by atoms with Gasteiger partial charge in [0.1, 0.15) is 0 Å². The van der Waals surface area contributed by atoms with Crippen molar-refractivity contribution < 1.29 is 23.0 Å². The van der Waals surface area contributed by atoms with Crippen molar-refractivity contribution in [2.75, 3.05) is 31.2 Å². The van der Waals surface area contributed by atoms with Crippen molar-refractivity contribution in [2.24, 2.45) is 5.41 Å². The van der Waals surface area contributed by atoms with Crippen molar-refractivity contribution in [3.8, 4) is 17.3 Å². The fourth-order valence-corrected chi connectivity index (χ4v) is 4.05. The van der Waals surface area contributed by atoms with Crippen LogP contribution in [0.3, 0.4) is 0 Å². The average Bonchev–Trinajstić information content (AvgIpc) is 2.80. The first-order chi connectivity index (χ1) is 15.7. The van der Waals surface area contributed by atoms with E-state index in [1.165, 1.54) is 0 Å². The second-order valence-electron chi connectivity index (χ2n) is 7.60. The summed E-state index contributed by atoms with van der Waals surface area (Å²) < 4.78 is 34.6. The molecule has 2 heterocycles. The van der Waals surface area contributed by atoms with Crippen LogP contribution in [0.25, 0.3) is 11.3 Å². The molecule has 0 atom stereocenters. The molecule has 1 aliphatic rings. The number of nitrogens with zero attached hydrogens (tertiary/aromatic N) is 4. The summed E-state index contributed by atoms with van der Waals surface area (Å²) in [6.45, 7) is 0.857. The third-order valence-corrected chi connectivity index (χ3v) is 6.29. The molecule has 0 unspecified atom stereocenters. The first-order valence-electron chi connectivity index (χ1n) is 10.3. The third-order valence-electron chi connectivity index (χ3n) is 5.47. The van der Waals surface area contributed by atoms with Crippen molar-refractivity contribution in [2.45, 2.75) is 33.3 Å². The lowest BCUT2D eigenvalue weighted by molar-refractivity contribution is -0.147. The number of esters is 1. The molecule has 0 N–H and O–H groups in total. The number of carbonyl (C=O) groups excluding carboxylic acids is 1. The Balaban J connectivity index is 1.97. The lowest BCUT2D eigenvalue weighted by atomic mass is 9.80. The summed E-state index contributed by atoms with van der Waals surface area (Å²) in [4.78, 5) is 23.7. The Labute approximate surface area is 200 Å². The van der Waals surface area contributed by atoms with Crippen LogP contribution in [0.4, 0.5) is 14.6 Å². The number of piperidine rings is 1. The summed E-state index contributed by atoms with van der Waals surface area (Å²) in [5.41, 5.74) is 0.399. The minimum Gasteiger partial charge on any atom is -0.461 e. The Morgan fingerprint density at radius 2 is 2.00 bits per heavy atom. The Morgan fingerprint density at radius 3 is 2.61 bits per heavy atom. The minimum absolute atomic E-state index is 0.00165. The van der Waals surface area contributed by atoms with Gasteiger partial charge in [0.25, 0.3) is 0 Å². The molecule has 0 radical (unpaired) electrons. The molecule has 2 aromatic rings. The summed E-state index contributed by atoms with van der Waals surface area (Å²) in [6, 6.07) is 7.20. The van der Waals surface area contributed by atoms with E-state index in [2.05, 4.69) is 20.8 Å². The molecule has 0 aliphatic carbocycles. The average molecular weight is 499 g/mol. The van der Waals surface area contributed by atoms with Gasteiger partial charge in [0.05, 0.1) is 46.1 Å². The van der Waals surface area contributed by atoms with Crippen LogP contribution < -0.4 is 4.90 Å². The Bertz CT molecular complexity index is 1070. The molecule has 1 aromatic carbocycles. The molecule has 0 saturated carbocycles. The van der Waals surface area contributed by atoms with Gasteiger partial charge in [-0.2, -0.15) is 14.0 Å². The Hall–Kier alpha value is -2.54. The van der Waals surface area contributed by atoms with Gasteiger partial charge in [0.2, 0.25) is 0 Å². The number of benzene rings is 1. The van der Waals surface area contributed by atoms with E-state index in [9.17, 15) is 18.8 Å². The monoisotopic (exact) mass is 498 g/mol. The maximum absolute atomic E-state index is 12.7. The van der Waals surface area contributed by atoms with Crippen molar-refractivity contribution in [1.29, 1.82) is 5.26 Å². The SMILES string of the molecule is CCOC(=O)c1nc(-c2cccc(Cl)c2Cl)c(C)nc1N1CCC(C#N)(COC(F)F)CC1. The molecule has 33 heavy (non-hydrogen) atoms. The van der Waals surface area contributed by atoms with Crippen LogP contribution in [0.2, 0.25) is 10.0 Å². The van der Waals surface area contributed by atoms with Gasteiger partial charge in [-0.05, 0) is 32.8 Å². The number of alkyl halides is 2. The molecular formula is C22H22Cl2F2N4O3. The largest absolute Gasteiger partial charge is 0.461 e. The highest BCUT2D eigenvalue weighted by Gasteiger charge is 2.38. The molecule has 1 aromatic heterocycles. The number of rotatable bonds is 7. The number of carbonyl (C=O) groups is 1. The molecular weight excluding hydrogens is 477 g/mol. The van der Waals surface area contributed by atoms with Gasteiger partial charge in [-0.1, -0.05) is 35.3 Å². The maximum atomic E-state index is 12.7. The predicted molar refractivity (Wildman–Crippen MR) is 120 cm³/mol. The molecule has 176 valence electrons. The summed E-state index contributed by atoms with van der Waals surface area (Å²) >= 11 is 12.5. The number of hydrogen-bond donors (Lipinski definition) is 0. The fraction of sp³-hybridized carbons (Fsp3) is 0.455. The van der Waals surface area contributed by atoms with Crippen LogP contribution >= 0.6 is 23.2 Å². The van der Waals surface area contributed by atoms with Crippen molar-refractivity contribution in [3.05, 3.63) is 39.6 Å². The first-order valence-corrected chi connectivity index (χ1v) is 11.0. The van der Waals surface area contributed by atoms with Gasteiger partial charge in [-0.15, -0.1) is 0 Å². The van der Waals surface area contributed by atoms with E-state index in [-0.39, 0.29) is 36.8 Å². The highest BCUT2D eigenvalue weighted by molar-refractivity contribution is 6.43. The molecule has 0 bridgehead atoms. The molecule has 0 amide bonds. The van der Waals surface area contributed by atoms with Gasteiger partial charge in [-0.3, -0.25) is 0 Å². The van der Waals surface area contributed by atoms with E-state index in [1.54, 1.807) is 36.9 Å². The van der Waals surface area contributed by atoms with Crippen LogP contribution in [0.1, 0.15) is 35.9 Å². The van der Waals surface area contributed by atoms with Crippen LogP contribution in [0.15, 0.2) is 18.2 Å². The van der Waals surface area contributed by atoms with E-state index in [0.717, 1.165) is 0 Å². The second kappa shape index (κ2) is 10.6. The summed E-state index contributed by atoms with van der Waals surface area (Å²) in [5, 5.41) is 10.2. The molecule has 1 fully saturated rings. The predicted octanol–water partition coefficient (Wildman–Crippen LogP) is 5.28. The van der Waals surface area contributed by atoms with Crippen molar-refractivity contribution in [1.82, 2.24) is 9.97 Å². The number of aryl methyl sites for hydroxylation is 1. The van der Waals surface area contributed by atoms with E-state index in [4.69, 9.17) is 27.9 Å². The van der Waals surface area contributed by atoms with E-state index >= 15 is 0 Å². The molecule has 1 saturated heterocycles. The molecule has 0 spiro atoms. The highest BCUT2D eigenvalue weighted by Crippen LogP contribution is 2.37. The molecule has 11 heteroatoms. The van der Waals surface area contributed by atoms with Crippen LogP contribution in [-0.4, -0.2) is 48.9 Å². The smallest absolute Gasteiger partial charge is 0.360 e. The van der Waals surface area contributed by atoms with Gasteiger partial charge in [0, 0.05) is 18.7 Å². The second-order valence-corrected chi connectivity index (χ2v) is 8.39. The van der Waals surface area contributed by atoms with Crippen molar-refractivity contribution >= 4 is 35.0 Å². The minimum atomic E-state index is -2.94. The first kappa shape index (κ1) is 25.1. The Kier molecular flexibility index (Phi) is 8.05. The van der Waals surface area contributed by atoms with Crippen LogP contribution in [-0.2, 0) is 9.47 Å². The third kappa shape index (κ3) is 5.52. The number of ether oxygens (including phenoxy) is 2. The summed E-state index contributed by atoms with van der Waals surface area (Å²) in [5.74, 6) is -0.355. The van der Waals surface area contributed by atoms with Gasteiger partial charge >= 0.3 is 12.6 Å². The molecule has 3 rings (SSSR count). The quantitative estimate of drug-likeness (QED) is 0.479. The lowest BCUT2D eigenvalue weighted by Crippen LogP contribution is -2.43. The van der Waals surface area contributed by atoms with E-state index < -0.39 is 18.0 Å². The summed E-state index contributed by atoms with van der Waals surface area (Å²) in [6.07, 6.45) is 0.530. The van der Waals surface area contributed by atoms with Crippen LogP contribution in [0, 0.1) is 23.7 Å². The fourth-order valence-electron chi connectivity index (χ4n) is 3.66. The zero-order valence-electron chi connectivity index (χ0n) is 18.1. The number of anilines is 1. The highest BCUT2D eigenvalue weighted by atomic mass is 35.5. The topological polar surface area (TPSA) is 88.3 Å².